The highest BCUT2D eigenvalue weighted by Crippen LogP contribution is 2.24. The van der Waals surface area contributed by atoms with Crippen LogP contribution in [0.25, 0.3) is 0 Å². The topological polar surface area (TPSA) is 55.3 Å². The first kappa shape index (κ1) is 13.1. The number of rotatable bonds is 3. The lowest BCUT2D eigenvalue weighted by atomic mass is 9.93. The molecule has 2 heterocycles. The molecule has 1 fully saturated rings. The third-order valence-corrected chi connectivity index (χ3v) is 3.90. The van der Waals surface area contributed by atoms with E-state index in [4.69, 9.17) is 4.74 Å². The normalized spacial score (nSPS) is 25.7. The van der Waals surface area contributed by atoms with E-state index in [9.17, 15) is 4.79 Å². The predicted molar refractivity (Wildman–Crippen MR) is 74.1 cm³/mol. The molecule has 1 amide bonds. The Labute approximate surface area is 118 Å². The van der Waals surface area contributed by atoms with Crippen LogP contribution in [0.4, 0.5) is 0 Å². The van der Waals surface area contributed by atoms with E-state index in [1.54, 1.807) is 18.6 Å². The molecule has 3 rings (SSSR count). The van der Waals surface area contributed by atoms with E-state index in [0.717, 1.165) is 32.2 Å². The van der Waals surface area contributed by atoms with E-state index in [1.165, 1.54) is 0 Å². The van der Waals surface area contributed by atoms with Gasteiger partial charge in [0.15, 0.2) is 0 Å². The van der Waals surface area contributed by atoms with Gasteiger partial charge in [0.2, 0.25) is 11.8 Å². The summed E-state index contributed by atoms with van der Waals surface area (Å²) in [4.78, 5) is 22.4. The minimum atomic E-state index is 0.0368. The van der Waals surface area contributed by atoms with Gasteiger partial charge in [0.05, 0.1) is 12.7 Å². The minimum Gasteiger partial charge on any atom is -0.471 e. The number of carbonyl (C=O) groups is 1. The molecular weight excluding hydrogens is 254 g/mol. The molecule has 1 aliphatic heterocycles. The second-order valence-electron chi connectivity index (χ2n) is 5.34. The van der Waals surface area contributed by atoms with Crippen LogP contribution in [0.2, 0.25) is 0 Å². The molecular formula is C15H19N3O2. The molecule has 5 nitrogen and oxygen atoms in total. The molecule has 1 aromatic rings. The summed E-state index contributed by atoms with van der Waals surface area (Å²) in [6, 6.07) is 0. The zero-order valence-corrected chi connectivity index (χ0v) is 11.4. The van der Waals surface area contributed by atoms with Gasteiger partial charge in [0.25, 0.3) is 0 Å². The number of likely N-dealkylation sites (tertiary alicyclic amines) is 1. The molecule has 1 aliphatic carbocycles. The number of amides is 1. The smallest absolute Gasteiger partial charge is 0.232 e. The van der Waals surface area contributed by atoms with Crippen molar-refractivity contribution in [1.29, 1.82) is 0 Å². The molecule has 0 radical (unpaired) electrons. The Morgan fingerprint density at radius 3 is 3.00 bits per heavy atom. The Bertz CT molecular complexity index is 489. The third kappa shape index (κ3) is 2.98. The molecule has 2 unspecified atom stereocenters. The lowest BCUT2D eigenvalue weighted by molar-refractivity contribution is -0.135. The summed E-state index contributed by atoms with van der Waals surface area (Å²) in [5, 5.41) is 0. The molecule has 1 aromatic heterocycles. The highest BCUT2D eigenvalue weighted by atomic mass is 16.5. The van der Waals surface area contributed by atoms with E-state index in [0.29, 0.717) is 12.4 Å². The molecule has 106 valence electrons. The molecule has 2 aliphatic rings. The standard InChI is InChI=1S/C15H19N3O2/c19-15(12-4-2-1-3-5-12)18-9-6-13(11-18)20-14-10-16-7-8-17-14/h1-2,7-8,10,12-13H,3-6,9,11H2. The zero-order chi connectivity index (χ0) is 13.8. The first-order chi connectivity index (χ1) is 9.83. The summed E-state index contributed by atoms with van der Waals surface area (Å²) in [7, 11) is 0. The van der Waals surface area contributed by atoms with Crippen LogP contribution in [0, 0.1) is 5.92 Å². The number of aromatic nitrogens is 2. The van der Waals surface area contributed by atoms with Crippen LogP contribution < -0.4 is 4.74 Å². The number of allylic oxidation sites excluding steroid dienone is 2. The van der Waals surface area contributed by atoms with Crippen molar-refractivity contribution >= 4 is 5.91 Å². The summed E-state index contributed by atoms with van der Waals surface area (Å²) in [5.41, 5.74) is 0. The van der Waals surface area contributed by atoms with Crippen LogP contribution in [-0.4, -0.2) is 40.0 Å². The molecule has 0 N–H and O–H groups in total. The van der Waals surface area contributed by atoms with E-state index in [2.05, 4.69) is 22.1 Å². The second kappa shape index (κ2) is 6.03. The molecule has 0 spiro atoms. The fourth-order valence-corrected chi connectivity index (χ4v) is 2.82. The molecule has 0 bridgehead atoms. The predicted octanol–water partition coefficient (Wildman–Crippen LogP) is 1.81. The van der Waals surface area contributed by atoms with E-state index in [1.807, 2.05) is 4.90 Å². The first-order valence-corrected chi connectivity index (χ1v) is 7.19. The van der Waals surface area contributed by atoms with Crippen LogP contribution in [0.3, 0.4) is 0 Å². The molecule has 0 saturated carbocycles. The molecule has 0 aromatic carbocycles. The molecule has 5 heteroatoms. The number of hydrogen-bond acceptors (Lipinski definition) is 4. The van der Waals surface area contributed by atoms with Gasteiger partial charge in [-0.3, -0.25) is 9.78 Å². The third-order valence-electron chi connectivity index (χ3n) is 3.90. The average Bonchev–Trinajstić information content (AvgIpc) is 2.97. The van der Waals surface area contributed by atoms with Gasteiger partial charge in [-0.25, -0.2) is 4.98 Å². The lowest BCUT2D eigenvalue weighted by Gasteiger charge is -2.24. The van der Waals surface area contributed by atoms with Gasteiger partial charge in [-0.15, -0.1) is 0 Å². The maximum absolute atomic E-state index is 12.4. The maximum Gasteiger partial charge on any atom is 0.232 e. The molecule has 20 heavy (non-hydrogen) atoms. The van der Waals surface area contributed by atoms with Gasteiger partial charge >= 0.3 is 0 Å². The average molecular weight is 273 g/mol. The maximum atomic E-state index is 12.4. The van der Waals surface area contributed by atoms with Crippen molar-refractivity contribution in [3.05, 3.63) is 30.7 Å². The lowest BCUT2D eigenvalue weighted by Crippen LogP contribution is -2.36. The largest absolute Gasteiger partial charge is 0.471 e. The van der Waals surface area contributed by atoms with Gasteiger partial charge in [0.1, 0.15) is 6.10 Å². The van der Waals surface area contributed by atoms with Crippen LogP contribution in [0.1, 0.15) is 25.7 Å². The Hall–Kier alpha value is -1.91. The van der Waals surface area contributed by atoms with E-state index in [-0.39, 0.29) is 17.9 Å². The fourth-order valence-electron chi connectivity index (χ4n) is 2.82. The van der Waals surface area contributed by atoms with Gasteiger partial charge in [-0.1, -0.05) is 12.2 Å². The molecule has 1 saturated heterocycles. The number of hydrogen-bond donors (Lipinski definition) is 0. The van der Waals surface area contributed by atoms with Crippen molar-refractivity contribution in [2.75, 3.05) is 13.1 Å². The highest BCUT2D eigenvalue weighted by Gasteiger charge is 2.31. The van der Waals surface area contributed by atoms with Crippen molar-refractivity contribution < 1.29 is 9.53 Å². The highest BCUT2D eigenvalue weighted by molar-refractivity contribution is 5.79. The van der Waals surface area contributed by atoms with Crippen LogP contribution in [-0.2, 0) is 4.79 Å². The summed E-state index contributed by atoms with van der Waals surface area (Å²) in [6.07, 6.45) is 12.9. The van der Waals surface area contributed by atoms with Crippen molar-refractivity contribution in [2.45, 2.75) is 31.8 Å². The Morgan fingerprint density at radius 1 is 1.30 bits per heavy atom. The fraction of sp³-hybridized carbons (Fsp3) is 0.533. The summed E-state index contributed by atoms with van der Waals surface area (Å²) < 4.78 is 5.76. The van der Waals surface area contributed by atoms with Crippen molar-refractivity contribution in [3.63, 3.8) is 0 Å². The van der Waals surface area contributed by atoms with Gasteiger partial charge < -0.3 is 9.64 Å². The first-order valence-electron chi connectivity index (χ1n) is 7.19. The van der Waals surface area contributed by atoms with E-state index < -0.39 is 0 Å². The summed E-state index contributed by atoms with van der Waals surface area (Å²) >= 11 is 0. The van der Waals surface area contributed by atoms with Gasteiger partial charge in [-0.05, 0) is 19.3 Å². The Morgan fingerprint density at radius 2 is 2.25 bits per heavy atom. The Balaban J connectivity index is 1.54. The van der Waals surface area contributed by atoms with Crippen LogP contribution in [0.5, 0.6) is 5.88 Å². The Kier molecular flexibility index (Phi) is 3.95. The quantitative estimate of drug-likeness (QED) is 0.788. The second-order valence-corrected chi connectivity index (χ2v) is 5.34. The van der Waals surface area contributed by atoms with E-state index >= 15 is 0 Å². The van der Waals surface area contributed by atoms with Gasteiger partial charge in [0, 0.05) is 31.3 Å². The SMILES string of the molecule is O=C(C1CC=CCC1)N1CCC(Oc2cnccn2)C1. The minimum absolute atomic E-state index is 0.0368. The number of ether oxygens (including phenoxy) is 1. The van der Waals surface area contributed by atoms with Crippen molar-refractivity contribution in [2.24, 2.45) is 5.92 Å². The summed E-state index contributed by atoms with van der Waals surface area (Å²) in [6.45, 7) is 1.44. The number of carbonyl (C=O) groups excluding carboxylic acids is 1. The molecule has 2 atom stereocenters. The van der Waals surface area contributed by atoms with Crippen molar-refractivity contribution in [3.8, 4) is 5.88 Å². The van der Waals surface area contributed by atoms with Gasteiger partial charge in [-0.2, -0.15) is 0 Å². The van der Waals surface area contributed by atoms with Crippen molar-refractivity contribution in [1.82, 2.24) is 14.9 Å². The summed E-state index contributed by atoms with van der Waals surface area (Å²) in [5.74, 6) is 0.974. The van der Waals surface area contributed by atoms with Crippen LogP contribution in [0.15, 0.2) is 30.7 Å². The number of nitrogens with zero attached hydrogens (tertiary/aromatic N) is 3. The monoisotopic (exact) mass is 273 g/mol. The zero-order valence-electron chi connectivity index (χ0n) is 11.4. The van der Waals surface area contributed by atoms with Crippen LogP contribution >= 0.6 is 0 Å².